The quantitative estimate of drug-likeness (QED) is 0.670. The first kappa shape index (κ1) is 19.3. The maximum Gasteiger partial charge on any atom is 0.226 e. The lowest BCUT2D eigenvalue weighted by molar-refractivity contribution is 0.538. The number of nitrogens with zero attached hydrogens (tertiary/aromatic N) is 1. The maximum atomic E-state index is 12.3. The molecule has 1 aromatic heterocycles. The van der Waals surface area contributed by atoms with Crippen LogP contribution in [0, 0.1) is 20.8 Å². The third kappa shape index (κ3) is 5.05. The van der Waals surface area contributed by atoms with Crippen molar-refractivity contribution in [3.63, 3.8) is 0 Å². The van der Waals surface area contributed by atoms with Crippen molar-refractivity contribution in [2.45, 2.75) is 32.9 Å². The fourth-order valence-corrected chi connectivity index (χ4v) is 4.08. The fourth-order valence-electron chi connectivity index (χ4n) is 2.83. The zero-order valence-corrected chi connectivity index (χ0v) is 16.6. The normalized spacial score (nSPS) is 11.7. The van der Waals surface area contributed by atoms with E-state index in [4.69, 9.17) is 4.42 Å². The van der Waals surface area contributed by atoms with E-state index in [1.807, 2.05) is 69.3 Å². The van der Waals surface area contributed by atoms with Crippen molar-refractivity contribution >= 4 is 10.0 Å². The van der Waals surface area contributed by atoms with Crippen molar-refractivity contribution in [3.05, 3.63) is 76.7 Å². The Morgan fingerprint density at radius 2 is 1.70 bits per heavy atom. The molecule has 1 N–H and O–H groups in total. The molecule has 1 heterocycles. The van der Waals surface area contributed by atoms with Crippen LogP contribution in [0.15, 0.2) is 52.9 Å². The van der Waals surface area contributed by atoms with Crippen LogP contribution in [0.3, 0.4) is 0 Å². The molecule has 0 fully saturated rings. The molecule has 0 aliphatic rings. The number of aromatic nitrogens is 1. The fraction of sp³-hybridized carbons (Fsp3) is 0.286. The van der Waals surface area contributed by atoms with Crippen LogP contribution in [0.1, 0.15) is 28.1 Å². The predicted octanol–water partition coefficient (Wildman–Crippen LogP) is 3.93. The Morgan fingerprint density at radius 1 is 1.00 bits per heavy atom. The summed E-state index contributed by atoms with van der Waals surface area (Å²) < 4.78 is 33.1. The van der Waals surface area contributed by atoms with Crippen molar-refractivity contribution in [1.82, 2.24) is 9.71 Å². The molecule has 3 aromatic rings. The molecule has 0 aliphatic heterocycles. The number of hydrogen-bond donors (Lipinski definition) is 1. The Morgan fingerprint density at radius 3 is 2.41 bits per heavy atom. The van der Waals surface area contributed by atoms with E-state index < -0.39 is 10.0 Å². The Bertz CT molecular complexity index is 1020. The average molecular weight is 385 g/mol. The predicted molar refractivity (Wildman–Crippen MR) is 107 cm³/mol. The minimum absolute atomic E-state index is 0.0217. The van der Waals surface area contributed by atoms with Crippen LogP contribution in [-0.4, -0.2) is 19.9 Å². The first-order valence-electron chi connectivity index (χ1n) is 8.89. The van der Waals surface area contributed by atoms with Gasteiger partial charge in [-0.1, -0.05) is 42.0 Å². The molecule has 6 heteroatoms. The van der Waals surface area contributed by atoms with E-state index in [0.717, 1.165) is 22.4 Å². The minimum Gasteiger partial charge on any atom is -0.441 e. The molecular formula is C21H24N2O3S. The Balaban J connectivity index is 1.62. The average Bonchev–Trinajstić information content (AvgIpc) is 2.98. The van der Waals surface area contributed by atoms with Crippen molar-refractivity contribution in [2.24, 2.45) is 0 Å². The van der Waals surface area contributed by atoms with Crippen LogP contribution in [0.5, 0.6) is 0 Å². The first-order chi connectivity index (χ1) is 12.8. The molecule has 0 amide bonds. The molecule has 27 heavy (non-hydrogen) atoms. The van der Waals surface area contributed by atoms with E-state index in [1.54, 1.807) is 0 Å². The Hall–Kier alpha value is -2.44. The summed E-state index contributed by atoms with van der Waals surface area (Å²) in [6, 6.07) is 15.5. The van der Waals surface area contributed by atoms with Crippen LogP contribution in [0.25, 0.3) is 11.5 Å². The molecular weight excluding hydrogens is 360 g/mol. The summed E-state index contributed by atoms with van der Waals surface area (Å²) in [5.41, 5.74) is 4.63. The van der Waals surface area contributed by atoms with Crippen molar-refractivity contribution in [1.29, 1.82) is 0 Å². The molecule has 0 radical (unpaired) electrons. The maximum absolute atomic E-state index is 12.3. The highest BCUT2D eigenvalue weighted by molar-refractivity contribution is 7.88. The van der Waals surface area contributed by atoms with E-state index in [9.17, 15) is 8.42 Å². The highest BCUT2D eigenvalue weighted by atomic mass is 32.2. The smallest absolute Gasteiger partial charge is 0.226 e. The van der Waals surface area contributed by atoms with Gasteiger partial charge in [0, 0.05) is 18.5 Å². The Labute approximate surface area is 160 Å². The molecule has 0 bridgehead atoms. The summed E-state index contributed by atoms with van der Waals surface area (Å²) in [7, 11) is -3.40. The van der Waals surface area contributed by atoms with Crippen LogP contribution in [0.2, 0.25) is 0 Å². The molecule has 5 nitrogen and oxygen atoms in total. The van der Waals surface area contributed by atoms with Crippen LogP contribution in [0.4, 0.5) is 0 Å². The molecule has 2 aromatic carbocycles. The monoisotopic (exact) mass is 384 g/mol. The second-order valence-corrected chi connectivity index (χ2v) is 8.52. The second-order valence-electron chi connectivity index (χ2n) is 6.72. The summed E-state index contributed by atoms with van der Waals surface area (Å²) in [5, 5.41) is 0. The van der Waals surface area contributed by atoms with Gasteiger partial charge in [-0.15, -0.1) is 0 Å². The zero-order valence-electron chi connectivity index (χ0n) is 15.8. The molecule has 0 unspecified atom stereocenters. The van der Waals surface area contributed by atoms with Gasteiger partial charge in [0.2, 0.25) is 15.9 Å². The SMILES string of the molecule is Cc1ccc(-c2nc(CCNS(=O)(=O)Cc3ccccc3C)c(C)o2)cc1. The highest BCUT2D eigenvalue weighted by Crippen LogP contribution is 2.22. The summed E-state index contributed by atoms with van der Waals surface area (Å²) in [4.78, 5) is 4.53. The molecule has 142 valence electrons. The second kappa shape index (κ2) is 8.06. The topological polar surface area (TPSA) is 72.2 Å². The van der Waals surface area contributed by atoms with Gasteiger partial charge in [0.15, 0.2) is 0 Å². The van der Waals surface area contributed by atoms with Gasteiger partial charge < -0.3 is 4.42 Å². The van der Waals surface area contributed by atoms with E-state index in [-0.39, 0.29) is 12.3 Å². The zero-order chi connectivity index (χ0) is 19.4. The van der Waals surface area contributed by atoms with Crippen molar-refractivity contribution in [3.8, 4) is 11.5 Å². The van der Waals surface area contributed by atoms with Gasteiger partial charge in [0.25, 0.3) is 0 Å². The number of nitrogens with one attached hydrogen (secondary N) is 1. The van der Waals surface area contributed by atoms with Gasteiger partial charge in [-0.05, 0) is 44.0 Å². The number of benzene rings is 2. The van der Waals surface area contributed by atoms with Crippen molar-refractivity contribution in [2.75, 3.05) is 6.54 Å². The number of hydrogen-bond acceptors (Lipinski definition) is 4. The van der Waals surface area contributed by atoms with Gasteiger partial charge in [-0.3, -0.25) is 0 Å². The van der Waals surface area contributed by atoms with E-state index in [2.05, 4.69) is 9.71 Å². The minimum atomic E-state index is -3.40. The molecule has 0 aliphatic carbocycles. The number of rotatable bonds is 7. The van der Waals surface area contributed by atoms with Gasteiger partial charge in [0.05, 0.1) is 11.4 Å². The largest absolute Gasteiger partial charge is 0.441 e. The van der Waals surface area contributed by atoms with Crippen LogP contribution < -0.4 is 4.72 Å². The van der Waals surface area contributed by atoms with Gasteiger partial charge in [-0.2, -0.15) is 0 Å². The third-order valence-corrected chi connectivity index (χ3v) is 5.82. The van der Waals surface area contributed by atoms with Crippen molar-refractivity contribution < 1.29 is 12.8 Å². The van der Waals surface area contributed by atoms with Crippen LogP contribution in [-0.2, 0) is 22.2 Å². The lowest BCUT2D eigenvalue weighted by Crippen LogP contribution is -2.27. The van der Waals surface area contributed by atoms with Gasteiger partial charge >= 0.3 is 0 Å². The van der Waals surface area contributed by atoms with Crippen LogP contribution >= 0.6 is 0 Å². The number of oxazole rings is 1. The first-order valence-corrected chi connectivity index (χ1v) is 10.5. The molecule has 0 saturated carbocycles. The standard InChI is InChI=1S/C21H24N2O3S/c1-15-8-10-18(11-9-15)21-23-20(17(3)26-21)12-13-22-27(24,25)14-19-7-5-4-6-16(19)2/h4-11,22H,12-14H2,1-3H3. The Kier molecular flexibility index (Phi) is 5.77. The van der Waals surface area contributed by atoms with Gasteiger partial charge in [0.1, 0.15) is 5.76 Å². The summed E-state index contributed by atoms with van der Waals surface area (Å²) in [6.45, 7) is 6.08. The lowest BCUT2D eigenvalue weighted by Gasteiger charge is -2.08. The molecule has 0 saturated heterocycles. The van der Waals surface area contributed by atoms with E-state index in [0.29, 0.717) is 18.1 Å². The summed E-state index contributed by atoms with van der Waals surface area (Å²) >= 11 is 0. The summed E-state index contributed by atoms with van der Waals surface area (Å²) in [6.07, 6.45) is 0.480. The lowest BCUT2D eigenvalue weighted by atomic mass is 10.1. The molecule has 0 atom stereocenters. The number of sulfonamides is 1. The molecule has 3 rings (SSSR count). The number of aryl methyl sites for hydroxylation is 3. The summed E-state index contributed by atoms with van der Waals surface area (Å²) in [5.74, 6) is 1.25. The molecule has 0 spiro atoms. The highest BCUT2D eigenvalue weighted by Gasteiger charge is 2.15. The van der Waals surface area contributed by atoms with E-state index in [1.165, 1.54) is 5.56 Å². The third-order valence-electron chi connectivity index (χ3n) is 4.48. The van der Waals surface area contributed by atoms with Gasteiger partial charge in [-0.25, -0.2) is 18.1 Å². The van der Waals surface area contributed by atoms with E-state index >= 15 is 0 Å².